The van der Waals surface area contributed by atoms with Crippen LogP contribution in [0.2, 0.25) is 0 Å². The zero-order chi connectivity index (χ0) is 42.7. The van der Waals surface area contributed by atoms with Gasteiger partial charge >= 0.3 is 6.18 Å². The van der Waals surface area contributed by atoms with Crippen molar-refractivity contribution < 1.29 is 13.2 Å². The maximum Gasteiger partial charge on any atom is 0.417 e. The van der Waals surface area contributed by atoms with Crippen LogP contribution in [0.5, 0.6) is 0 Å². The van der Waals surface area contributed by atoms with Crippen molar-refractivity contribution in [3.05, 3.63) is 192 Å². The van der Waals surface area contributed by atoms with Gasteiger partial charge in [0.15, 0.2) is 0 Å². The van der Waals surface area contributed by atoms with E-state index in [9.17, 15) is 21.0 Å². The number of nitrogens with zero attached hydrogens (tertiary/aromatic N) is 6. The van der Waals surface area contributed by atoms with Gasteiger partial charge in [0.2, 0.25) is 0 Å². The third-order valence-corrected chi connectivity index (χ3v) is 11.5. The lowest BCUT2D eigenvalue weighted by Crippen LogP contribution is -2.11. The lowest BCUT2D eigenvalue weighted by molar-refractivity contribution is -0.137. The average Bonchev–Trinajstić information content (AvgIpc) is 3.82. The largest absolute Gasteiger partial charge is 0.417 e. The molecule has 0 aliphatic heterocycles. The van der Waals surface area contributed by atoms with Crippen LogP contribution in [-0.2, 0) is 6.18 Å². The van der Waals surface area contributed by atoms with Crippen molar-refractivity contribution in [1.29, 1.82) is 21.0 Å². The number of alkyl halides is 3. The fraction of sp³-hybridized carbons (Fsp3) is 0.0189. The molecule has 0 bridgehead atoms. The summed E-state index contributed by atoms with van der Waals surface area (Å²) < 4.78 is 49.1. The van der Waals surface area contributed by atoms with Crippen LogP contribution in [0.25, 0.3) is 88.4 Å². The molecule has 6 nitrogen and oxygen atoms in total. The van der Waals surface area contributed by atoms with E-state index >= 15 is 13.2 Å². The summed E-state index contributed by atoms with van der Waals surface area (Å²) in [4.78, 5) is 0. The highest BCUT2D eigenvalue weighted by Crippen LogP contribution is 2.46. The van der Waals surface area contributed by atoms with E-state index in [4.69, 9.17) is 0 Å². The summed E-state index contributed by atoms with van der Waals surface area (Å²) >= 11 is 0. The Balaban J connectivity index is 1.32. The molecule has 0 aliphatic rings. The Morgan fingerprint density at radius 3 is 1.44 bits per heavy atom. The number of hydrogen-bond acceptors (Lipinski definition) is 4. The first-order chi connectivity index (χ1) is 30.2. The number of rotatable bonds is 5. The second-order valence-electron chi connectivity index (χ2n) is 14.9. The Kier molecular flexibility index (Phi) is 8.70. The summed E-state index contributed by atoms with van der Waals surface area (Å²) in [5.41, 5.74) is 6.74. The molecule has 9 heteroatoms. The first kappa shape index (κ1) is 37.4. The number of fused-ring (bicyclic) bond motifs is 6. The Labute approximate surface area is 352 Å². The van der Waals surface area contributed by atoms with E-state index in [-0.39, 0.29) is 27.9 Å². The molecule has 2 heterocycles. The number of nitriles is 4. The molecular formula is C53H27F3N6. The zero-order valence-electron chi connectivity index (χ0n) is 32.4. The molecule has 0 fully saturated rings. The molecule has 62 heavy (non-hydrogen) atoms. The summed E-state index contributed by atoms with van der Waals surface area (Å²) in [7, 11) is 0. The topological polar surface area (TPSA) is 105 Å². The van der Waals surface area contributed by atoms with Crippen molar-refractivity contribution in [2.75, 3.05) is 0 Å². The molecule has 290 valence electrons. The number of para-hydroxylation sites is 2. The van der Waals surface area contributed by atoms with Gasteiger partial charge in [0.05, 0.1) is 73.9 Å². The van der Waals surface area contributed by atoms with Gasteiger partial charge in [-0.05, 0) is 101 Å². The summed E-state index contributed by atoms with van der Waals surface area (Å²) in [6.07, 6.45) is -4.83. The lowest BCUT2D eigenvalue weighted by Gasteiger charge is -2.22. The fourth-order valence-electron chi connectivity index (χ4n) is 8.76. The first-order valence-electron chi connectivity index (χ1n) is 19.5. The number of hydrogen-bond donors (Lipinski definition) is 0. The number of benzene rings is 8. The molecule has 0 unspecified atom stereocenters. The van der Waals surface area contributed by atoms with Crippen LogP contribution < -0.4 is 0 Å². The van der Waals surface area contributed by atoms with Crippen LogP contribution in [0.4, 0.5) is 13.2 Å². The maximum atomic E-state index is 15.1. The third-order valence-electron chi connectivity index (χ3n) is 11.5. The molecule has 0 atom stereocenters. The van der Waals surface area contributed by atoms with Gasteiger partial charge in [-0.1, -0.05) is 84.9 Å². The fourth-order valence-corrected chi connectivity index (χ4v) is 8.76. The standard InChI is InChI=1S/C53H27F3N6/c54-53(55,56)45-9-5-6-38(30-59)51(45)41-22-25-50(61-46-10-3-1-7-39(46)42-26-36(20-23-48(42)61)34-16-12-32(28-57)13-17-34)44(31-60)52(41)62-47-11-4-2-8-40(47)43-27-37(21-24-49(43)62)35-18-14-33(29-58)15-19-35/h1-27H. The van der Waals surface area contributed by atoms with Crippen molar-refractivity contribution in [2.45, 2.75) is 6.18 Å². The minimum absolute atomic E-state index is 0.0671. The van der Waals surface area contributed by atoms with Crippen LogP contribution in [0.1, 0.15) is 27.8 Å². The van der Waals surface area contributed by atoms with E-state index in [1.54, 1.807) is 36.4 Å². The summed E-state index contributed by atoms with van der Waals surface area (Å²) in [6.45, 7) is 0. The Morgan fingerprint density at radius 2 is 0.919 bits per heavy atom. The molecule has 0 saturated heterocycles. The van der Waals surface area contributed by atoms with Crippen molar-refractivity contribution in [3.8, 4) is 69.0 Å². The maximum absolute atomic E-state index is 15.1. The molecule has 0 amide bonds. The highest BCUT2D eigenvalue weighted by Gasteiger charge is 2.36. The molecular weight excluding hydrogens is 778 g/mol. The lowest BCUT2D eigenvalue weighted by atomic mass is 9.90. The van der Waals surface area contributed by atoms with E-state index in [0.717, 1.165) is 60.9 Å². The van der Waals surface area contributed by atoms with Crippen LogP contribution in [0, 0.1) is 45.3 Å². The molecule has 10 aromatic rings. The molecule has 0 spiro atoms. The summed E-state index contributed by atoms with van der Waals surface area (Å²) in [5, 5.41) is 44.0. The average molecular weight is 805 g/mol. The first-order valence-corrected chi connectivity index (χ1v) is 19.5. The van der Waals surface area contributed by atoms with Crippen LogP contribution >= 0.6 is 0 Å². The summed E-state index contributed by atoms with van der Waals surface area (Å²) in [5.74, 6) is 0. The van der Waals surface area contributed by atoms with Crippen molar-refractivity contribution in [2.24, 2.45) is 0 Å². The van der Waals surface area contributed by atoms with E-state index < -0.39 is 11.7 Å². The minimum Gasteiger partial charge on any atom is -0.308 e. The van der Waals surface area contributed by atoms with E-state index in [2.05, 4.69) is 24.3 Å². The monoisotopic (exact) mass is 804 g/mol. The van der Waals surface area contributed by atoms with E-state index in [1.807, 2.05) is 118 Å². The molecule has 0 aliphatic carbocycles. The Hall–Kier alpha value is -8.89. The molecule has 0 saturated carbocycles. The molecule has 10 rings (SSSR count). The SMILES string of the molecule is N#Cc1ccc(-c2ccc3c(c2)c2ccccc2n3-c2ccc(-c3c(C#N)cccc3C(F)(F)F)c(-n3c4ccccc4c4cc(-c5ccc(C#N)cc5)ccc43)c2C#N)cc1. The quantitative estimate of drug-likeness (QED) is 0.173. The van der Waals surface area contributed by atoms with Crippen LogP contribution in [-0.4, -0.2) is 9.13 Å². The Morgan fingerprint density at radius 1 is 0.419 bits per heavy atom. The highest BCUT2D eigenvalue weighted by atomic mass is 19.4. The normalized spacial score (nSPS) is 11.4. The van der Waals surface area contributed by atoms with Gasteiger partial charge in [0.25, 0.3) is 0 Å². The second-order valence-corrected chi connectivity index (χ2v) is 14.9. The van der Waals surface area contributed by atoms with E-state index in [1.165, 1.54) is 12.1 Å². The molecule has 8 aromatic carbocycles. The Bertz CT molecular complexity index is 3660. The number of aromatic nitrogens is 2. The van der Waals surface area contributed by atoms with E-state index in [0.29, 0.717) is 27.8 Å². The molecule has 0 N–H and O–H groups in total. The highest BCUT2D eigenvalue weighted by molar-refractivity contribution is 6.13. The van der Waals surface area contributed by atoms with Gasteiger partial charge < -0.3 is 9.13 Å². The molecule has 2 aromatic heterocycles. The zero-order valence-corrected chi connectivity index (χ0v) is 32.4. The van der Waals surface area contributed by atoms with Crippen LogP contribution in [0.3, 0.4) is 0 Å². The van der Waals surface area contributed by atoms with Crippen LogP contribution in [0.15, 0.2) is 164 Å². The number of halogens is 3. The second kappa shape index (κ2) is 14.4. The summed E-state index contributed by atoms with van der Waals surface area (Å²) in [6, 6.07) is 57.2. The van der Waals surface area contributed by atoms with Gasteiger partial charge in [-0.3, -0.25) is 0 Å². The van der Waals surface area contributed by atoms with Gasteiger partial charge in [0, 0.05) is 32.7 Å². The van der Waals surface area contributed by atoms with Gasteiger partial charge in [0.1, 0.15) is 11.6 Å². The van der Waals surface area contributed by atoms with Crippen molar-refractivity contribution in [1.82, 2.24) is 9.13 Å². The molecule has 0 radical (unpaired) electrons. The smallest absolute Gasteiger partial charge is 0.308 e. The van der Waals surface area contributed by atoms with Gasteiger partial charge in [-0.2, -0.15) is 34.2 Å². The van der Waals surface area contributed by atoms with Crippen molar-refractivity contribution >= 4 is 43.6 Å². The minimum atomic E-state index is -4.83. The van der Waals surface area contributed by atoms with Gasteiger partial charge in [-0.25, -0.2) is 0 Å². The predicted octanol–water partition coefficient (Wildman–Crippen LogP) is 13.4. The van der Waals surface area contributed by atoms with Gasteiger partial charge in [-0.15, -0.1) is 0 Å². The van der Waals surface area contributed by atoms with Crippen molar-refractivity contribution in [3.63, 3.8) is 0 Å². The third kappa shape index (κ3) is 5.85. The predicted molar refractivity (Wildman–Crippen MR) is 235 cm³/mol.